The molecule has 1 aromatic heterocycles. The molecule has 49 heavy (non-hydrogen) atoms. The second kappa shape index (κ2) is 11.6. The van der Waals surface area contributed by atoms with Gasteiger partial charge in [0.25, 0.3) is 0 Å². The van der Waals surface area contributed by atoms with Crippen molar-refractivity contribution in [3.05, 3.63) is 164 Å². The largest absolute Gasteiger partial charge is 0.208 e. The van der Waals surface area contributed by atoms with E-state index >= 15 is 0 Å². The van der Waals surface area contributed by atoms with Gasteiger partial charge in [0, 0.05) is 16.7 Å². The molecule has 0 bridgehead atoms. The molecule has 3 nitrogen and oxygen atoms in total. The molecule has 8 aromatic rings. The van der Waals surface area contributed by atoms with Gasteiger partial charge in [-0.05, 0) is 72.7 Å². The fourth-order valence-corrected chi connectivity index (χ4v) is 10.5. The zero-order valence-electron chi connectivity index (χ0n) is 27.4. The van der Waals surface area contributed by atoms with Crippen LogP contribution in [0.25, 0.3) is 78.3 Å². The Morgan fingerprint density at radius 2 is 0.816 bits per heavy atom. The highest BCUT2D eigenvalue weighted by Gasteiger charge is 2.38. The van der Waals surface area contributed by atoms with Crippen LogP contribution >= 0.6 is 0 Å². The third kappa shape index (κ3) is 5.09. The van der Waals surface area contributed by atoms with E-state index in [0.717, 1.165) is 33.2 Å². The molecule has 232 valence electrons. The van der Waals surface area contributed by atoms with Crippen LogP contribution in [0.3, 0.4) is 0 Å². The summed E-state index contributed by atoms with van der Waals surface area (Å²) in [4.78, 5) is 15.6. The zero-order valence-corrected chi connectivity index (χ0v) is 28.4. The maximum absolute atomic E-state index is 5.24. The summed E-state index contributed by atoms with van der Waals surface area (Å²) in [5.74, 6) is 2.03. The average molecular weight is 644 g/mol. The van der Waals surface area contributed by atoms with Gasteiger partial charge in [0.1, 0.15) is 8.07 Å². The van der Waals surface area contributed by atoms with Gasteiger partial charge >= 0.3 is 0 Å². The van der Waals surface area contributed by atoms with E-state index in [1.54, 1.807) is 0 Å². The van der Waals surface area contributed by atoms with Gasteiger partial charge in [0.05, 0.1) is 0 Å². The number of rotatable bonds is 5. The number of hydrogen-bond donors (Lipinski definition) is 0. The number of nitrogens with zero attached hydrogens (tertiary/aromatic N) is 3. The fourth-order valence-electron chi connectivity index (χ4n) is 7.36. The molecule has 0 amide bonds. The topological polar surface area (TPSA) is 38.7 Å². The van der Waals surface area contributed by atoms with Gasteiger partial charge in [0.15, 0.2) is 17.5 Å². The van der Waals surface area contributed by atoms with Crippen molar-refractivity contribution in [2.45, 2.75) is 13.1 Å². The second-order valence-electron chi connectivity index (χ2n) is 13.3. The van der Waals surface area contributed by atoms with Crippen molar-refractivity contribution in [1.29, 1.82) is 0 Å². The molecular formula is C45H33N3Si. The molecule has 0 atom stereocenters. The molecule has 9 rings (SSSR count). The lowest BCUT2D eigenvalue weighted by Gasteiger charge is -2.18. The second-order valence-corrected chi connectivity index (χ2v) is 17.6. The normalized spacial score (nSPS) is 12.9. The smallest absolute Gasteiger partial charge is 0.164 e. The summed E-state index contributed by atoms with van der Waals surface area (Å²) >= 11 is 0. The van der Waals surface area contributed by atoms with E-state index in [2.05, 4.69) is 171 Å². The Labute approximate surface area is 287 Å². The number of fused-ring (bicyclic) bond motifs is 4. The molecule has 1 aliphatic heterocycles. The summed E-state index contributed by atoms with van der Waals surface area (Å²) in [5, 5.41) is 5.22. The minimum Gasteiger partial charge on any atom is -0.208 e. The van der Waals surface area contributed by atoms with E-state index in [1.807, 2.05) is 6.07 Å². The Bertz CT molecular complexity index is 2520. The Morgan fingerprint density at radius 3 is 1.53 bits per heavy atom. The van der Waals surface area contributed by atoms with Gasteiger partial charge in [-0.15, -0.1) is 0 Å². The molecule has 0 saturated heterocycles. The van der Waals surface area contributed by atoms with Crippen LogP contribution in [-0.2, 0) is 0 Å². The summed E-state index contributed by atoms with van der Waals surface area (Å²) in [6, 6.07) is 58.2. The van der Waals surface area contributed by atoms with Gasteiger partial charge in [-0.3, -0.25) is 0 Å². The first-order valence-electron chi connectivity index (χ1n) is 16.8. The Morgan fingerprint density at radius 1 is 0.347 bits per heavy atom. The molecule has 0 fully saturated rings. The summed E-state index contributed by atoms with van der Waals surface area (Å²) in [6.45, 7) is 4.89. The third-order valence-electron chi connectivity index (χ3n) is 9.92. The van der Waals surface area contributed by atoms with Gasteiger partial charge in [-0.1, -0.05) is 159 Å². The van der Waals surface area contributed by atoms with E-state index in [9.17, 15) is 0 Å². The highest BCUT2D eigenvalue weighted by Crippen LogP contribution is 2.37. The summed E-state index contributed by atoms with van der Waals surface area (Å²) in [7, 11) is -1.88. The highest BCUT2D eigenvalue weighted by atomic mass is 28.3. The molecule has 0 saturated carbocycles. The molecule has 0 radical (unpaired) electrons. The van der Waals surface area contributed by atoms with Crippen molar-refractivity contribution in [2.75, 3.05) is 0 Å². The zero-order chi connectivity index (χ0) is 33.0. The summed E-state index contributed by atoms with van der Waals surface area (Å²) < 4.78 is 0. The van der Waals surface area contributed by atoms with Crippen LogP contribution < -0.4 is 10.4 Å². The van der Waals surface area contributed by atoms with E-state index in [4.69, 9.17) is 15.0 Å². The van der Waals surface area contributed by atoms with Crippen LogP contribution in [0.5, 0.6) is 0 Å². The van der Waals surface area contributed by atoms with Crippen molar-refractivity contribution < 1.29 is 0 Å². The molecule has 1 aliphatic rings. The van der Waals surface area contributed by atoms with Crippen LogP contribution in [0.4, 0.5) is 0 Å². The molecule has 0 unspecified atom stereocenters. The first-order chi connectivity index (χ1) is 24.0. The fraction of sp³-hybridized carbons (Fsp3) is 0.0444. The maximum atomic E-state index is 5.24. The molecule has 0 N–H and O–H groups in total. The number of aromatic nitrogens is 3. The van der Waals surface area contributed by atoms with Crippen LogP contribution in [0.1, 0.15) is 0 Å². The van der Waals surface area contributed by atoms with Crippen molar-refractivity contribution in [2.24, 2.45) is 0 Å². The first-order valence-corrected chi connectivity index (χ1v) is 19.8. The Kier molecular flexibility index (Phi) is 6.92. The Hall–Kier alpha value is -5.97. The SMILES string of the molecule is C[Si]1(C)c2ccccc2-c2c(-c3nc(-c4cccc(-c5ccccc5)c4)nc(-c4ccc5cc(-c6ccccc6)ccc5c4)n3)cccc21. The quantitative estimate of drug-likeness (QED) is 0.175. The van der Waals surface area contributed by atoms with E-state index in [-0.39, 0.29) is 0 Å². The van der Waals surface area contributed by atoms with Crippen molar-refractivity contribution in [3.8, 4) is 67.5 Å². The third-order valence-corrected chi connectivity index (χ3v) is 13.5. The number of benzene rings is 7. The van der Waals surface area contributed by atoms with Gasteiger partial charge in [-0.2, -0.15) is 0 Å². The average Bonchev–Trinajstić information content (AvgIpc) is 3.41. The lowest BCUT2D eigenvalue weighted by Crippen LogP contribution is -2.49. The van der Waals surface area contributed by atoms with Gasteiger partial charge in [0.2, 0.25) is 0 Å². The van der Waals surface area contributed by atoms with Crippen LogP contribution in [-0.4, -0.2) is 23.0 Å². The van der Waals surface area contributed by atoms with Crippen molar-refractivity contribution in [1.82, 2.24) is 15.0 Å². The molecule has 0 aliphatic carbocycles. The standard InChI is InChI=1S/C45H33N3Si/c1-49(2)40-21-10-9-19-38(40)42-39(20-12-22-41(42)49)45-47-43(36-18-11-17-32(28-36)30-13-5-3-6-14-30)46-44(48-45)37-26-25-34-27-33(23-24-35(34)29-37)31-15-7-4-8-16-31/h3-29H,1-2H3. The predicted molar refractivity (Wildman–Crippen MR) is 207 cm³/mol. The van der Waals surface area contributed by atoms with Crippen LogP contribution in [0.15, 0.2) is 164 Å². The minimum atomic E-state index is -1.88. The molecule has 4 heteroatoms. The van der Waals surface area contributed by atoms with E-state index < -0.39 is 8.07 Å². The predicted octanol–water partition coefficient (Wildman–Crippen LogP) is 10.2. The molecule has 0 spiro atoms. The van der Waals surface area contributed by atoms with Crippen molar-refractivity contribution in [3.63, 3.8) is 0 Å². The van der Waals surface area contributed by atoms with Crippen LogP contribution in [0, 0.1) is 0 Å². The Balaban J connectivity index is 1.23. The molecule has 2 heterocycles. The minimum absolute atomic E-state index is 0.665. The lowest BCUT2D eigenvalue weighted by molar-refractivity contribution is 1.08. The van der Waals surface area contributed by atoms with E-state index in [1.165, 1.54) is 38.0 Å². The summed E-state index contributed by atoms with van der Waals surface area (Å²) in [6.07, 6.45) is 0. The molecule has 7 aromatic carbocycles. The van der Waals surface area contributed by atoms with Gasteiger partial charge in [-0.25, -0.2) is 15.0 Å². The van der Waals surface area contributed by atoms with E-state index in [0.29, 0.717) is 17.5 Å². The number of hydrogen-bond acceptors (Lipinski definition) is 3. The van der Waals surface area contributed by atoms with Crippen LogP contribution in [0.2, 0.25) is 13.1 Å². The summed E-state index contributed by atoms with van der Waals surface area (Å²) in [5.41, 5.74) is 10.3. The lowest BCUT2D eigenvalue weighted by atomic mass is 9.98. The molecular weight excluding hydrogens is 611 g/mol. The monoisotopic (exact) mass is 643 g/mol. The maximum Gasteiger partial charge on any atom is 0.164 e. The first kappa shape index (κ1) is 29.2. The highest BCUT2D eigenvalue weighted by molar-refractivity contribution is 7.04. The van der Waals surface area contributed by atoms with Gasteiger partial charge < -0.3 is 0 Å². The van der Waals surface area contributed by atoms with Crippen molar-refractivity contribution >= 4 is 29.2 Å².